The number of esters is 1. The standard InChI is InChI=1S/C10H18O3S2/c11-6-7-13-10(12)4-2-1-3-9-5-8-14-15-9/h9,11H,1-8H2. The molecule has 0 saturated carbocycles. The maximum atomic E-state index is 11.1. The van der Waals surface area contributed by atoms with Gasteiger partial charge in [-0.1, -0.05) is 28.0 Å². The first-order valence-electron chi connectivity index (χ1n) is 5.37. The van der Waals surface area contributed by atoms with Gasteiger partial charge in [0.25, 0.3) is 0 Å². The molecule has 1 N–H and O–H groups in total. The first-order valence-corrected chi connectivity index (χ1v) is 7.76. The first-order chi connectivity index (χ1) is 7.33. The van der Waals surface area contributed by atoms with Crippen LogP contribution < -0.4 is 0 Å². The van der Waals surface area contributed by atoms with Crippen LogP contribution >= 0.6 is 21.6 Å². The van der Waals surface area contributed by atoms with Crippen molar-refractivity contribution >= 4 is 27.6 Å². The molecule has 1 unspecified atom stereocenters. The van der Waals surface area contributed by atoms with Crippen molar-refractivity contribution in [3.05, 3.63) is 0 Å². The van der Waals surface area contributed by atoms with Crippen molar-refractivity contribution in [3.63, 3.8) is 0 Å². The minimum Gasteiger partial charge on any atom is -0.463 e. The van der Waals surface area contributed by atoms with Gasteiger partial charge in [-0.05, 0) is 19.3 Å². The summed E-state index contributed by atoms with van der Waals surface area (Å²) >= 11 is 0. The minimum atomic E-state index is -0.183. The van der Waals surface area contributed by atoms with Crippen LogP contribution in [-0.2, 0) is 9.53 Å². The second kappa shape index (κ2) is 8.30. The molecular formula is C10H18O3S2. The van der Waals surface area contributed by atoms with Gasteiger partial charge in [0.1, 0.15) is 6.61 Å². The molecule has 1 heterocycles. The third kappa shape index (κ3) is 6.33. The van der Waals surface area contributed by atoms with Crippen LogP contribution in [0.3, 0.4) is 0 Å². The number of hydrogen-bond donors (Lipinski definition) is 1. The largest absolute Gasteiger partial charge is 0.463 e. The van der Waals surface area contributed by atoms with Gasteiger partial charge >= 0.3 is 5.97 Å². The Balaban J connectivity index is 1.89. The summed E-state index contributed by atoms with van der Waals surface area (Å²) < 4.78 is 4.76. The van der Waals surface area contributed by atoms with E-state index in [0.717, 1.165) is 18.1 Å². The fourth-order valence-corrected chi connectivity index (χ4v) is 4.47. The second-order valence-electron chi connectivity index (χ2n) is 3.52. The molecule has 0 amide bonds. The summed E-state index contributed by atoms with van der Waals surface area (Å²) in [5, 5.41) is 9.24. The van der Waals surface area contributed by atoms with Crippen molar-refractivity contribution < 1.29 is 14.6 Å². The van der Waals surface area contributed by atoms with Crippen LogP contribution in [0.5, 0.6) is 0 Å². The van der Waals surface area contributed by atoms with E-state index >= 15 is 0 Å². The van der Waals surface area contributed by atoms with Crippen molar-refractivity contribution in [2.75, 3.05) is 19.0 Å². The fourth-order valence-electron chi connectivity index (χ4n) is 1.44. The van der Waals surface area contributed by atoms with E-state index in [1.165, 1.54) is 18.6 Å². The Labute approximate surface area is 98.7 Å². The van der Waals surface area contributed by atoms with Crippen molar-refractivity contribution in [1.82, 2.24) is 0 Å². The van der Waals surface area contributed by atoms with E-state index in [1.807, 2.05) is 21.6 Å². The molecule has 0 radical (unpaired) electrons. The molecular weight excluding hydrogens is 232 g/mol. The molecule has 15 heavy (non-hydrogen) atoms. The summed E-state index contributed by atoms with van der Waals surface area (Å²) in [6.07, 6.45) is 5.03. The lowest BCUT2D eigenvalue weighted by Gasteiger charge is -2.06. The lowest BCUT2D eigenvalue weighted by Crippen LogP contribution is -2.08. The Hall–Kier alpha value is 0.130. The average Bonchev–Trinajstić information content (AvgIpc) is 2.74. The average molecular weight is 250 g/mol. The molecule has 0 aromatic rings. The predicted molar refractivity (Wildman–Crippen MR) is 65.0 cm³/mol. The lowest BCUT2D eigenvalue weighted by molar-refractivity contribution is -0.144. The molecule has 1 aliphatic heterocycles. The molecule has 1 aliphatic rings. The molecule has 1 atom stereocenters. The highest BCUT2D eigenvalue weighted by molar-refractivity contribution is 8.77. The van der Waals surface area contributed by atoms with Gasteiger partial charge in [-0.15, -0.1) is 0 Å². The van der Waals surface area contributed by atoms with Crippen LogP contribution in [-0.4, -0.2) is 35.3 Å². The molecule has 88 valence electrons. The van der Waals surface area contributed by atoms with E-state index in [0.29, 0.717) is 6.42 Å². The van der Waals surface area contributed by atoms with Gasteiger partial charge in [0.15, 0.2) is 0 Å². The number of carbonyl (C=O) groups is 1. The van der Waals surface area contributed by atoms with Gasteiger partial charge in [0.2, 0.25) is 0 Å². The summed E-state index contributed by atoms with van der Waals surface area (Å²) in [6.45, 7) is 0.0512. The topological polar surface area (TPSA) is 46.5 Å². The van der Waals surface area contributed by atoms with E-state index < -0.39 is 0 Å². The number of aliphatic hydroxyl groups is 1. The van der Waals surface area contributed by atoms with Crippen LogP contribution in [0.1, 0.15) is 32.1 Å². The van der Waals surface area contributed by atoms with Gasteiger partial charge in [-0.3, -0.25) is 4.79 Å². The first kappa shape index (κ1) is 13.2. The number of carbonyl (C=O) groups excluding carboxylic acids is 1. The van der Waals surface area contributed by atoms with Crippen molar-refractivity contribution in [2.24, 2.45) is 0 Å². The molecule has 3 nitrogen and oxygen atoms in total. The minimum absolute atomic E-state index is 0.0817. The highest BCUT2D eigenvalue weighted by atomic mass is 33.1. The highest BCUT2D eigenvalue weighted by Crippen LogP contribution is 2.39. The lowest BCUT2D eigenvalue weighted by atomic mass is 10.1. The van der Waals surface area contributed by atoms with Gasteiger partial charge < -0.3 is 9.84 Å². The number of aliphatic hydroxyl groups excluding tert-OH is 1. The van der Waals surface area contributed by atoms with E-state index in [9.17, 15) is 4.79 Å². The Morgan fingerprint density at radius 2 is 2.33 bits per heavy atom. The van der Waals surface area contributed by atoms with Gasteiger partial charge in [0.05, 0.1) is 6.61 Å². The van der Waals surface area contributed by atoms with E-state index in [-0.39, 0.29) is 19.2 Å². The highest BCUT2D eigenvalue weighted by Gasteiger charge is 2.15. The van der Waals surface area contributed by atoms with E-state index in [2.05, 4.69) is 0 Å². The third-order valence-corrected chi connectivity index (χ3v) is 5.25. The molecule has 0 spiro atoms. The summed E-state index contributed by atoms with van der Waals surface area (Å²) in [5.74, 6) is 1.09. The number of rotatable bonds is 7. The van der Waals surface area contributed by atoms with E-state index in [4.69, 9.17) is 9.84 Å². The van der Waals surface area contributed by atoms with E-state index in [1.54, 1.807) is 0 Å². The van der Waals surface area contributed by atoms with Crippen LogP contribution in [0.4, 0.5) is 0 Å². The monoisotopic (exact) mass is 250 g/mol. The van der Waals surface area contributed by atoms with Crippen LogP contribution in [0.15, 0.2) is 0 Å². The van der Waals surface area contributed by atoms with Crippen molar-refractivity contribution in [3.8, 4) is 0 Å². The van der Waals surface area contributed by atoms with Gasteiger partial charge in [0, 0.05) is 17.4 Å². The Morgan fingerprint density at radius 3 is 3.00 bits per heavy atom. The zero-order valence-corrected chi connectivity index (χ0v) is 10.4. The second-order valence-corrected chi connectivity index (χ2v) is 6.31. The van der Waals surface area contributed by atoms with Gasteiger partial charge in [-0.25, -0.2) is 0 Å². The van der Waals surface area contributed by atoms with Crippen LogP contribution in [0, 0.1) is 0 Å². The summed E-state index contributed by atoms with van der Waals surface area (Å²) in [4.78, 5) is 11.1. The smallest absolute Gasteiger partial charge is 0.305 e. The third-order valence-electron chi connectivity index (χ3n) is 2.24. The zero-order chi connectivity index (χ0) is 10.9. The fraction of sp³-hybridized carbons (Fsp3) is 0.900. The Kier molecular flexibility index (Phi) is 7.30. The van der Waals surface area contributed by atoms with Crippen molar-refractivity contribution in [1.29, 1.82) is 0 Å². The molecule has 1 saturated heterocycles. The Bertz CT molecular complexity index is 182. The number of hydrogen-bond acceptors (Lipinski definition) is 5. The van der Waals surface area contributed by atoms with Gasteiger partial charge in [-0.2, -0.15) is 0 Å². The SMILES string of the molecule is O=C(CCCCC1CCSS1)OCCO. The molecule has 0 aromatic heterocycles. The molecule has 0 bridgehead atoms. The molecule has 0 aromatic carbocycles. The number of ether oxygens (including phenoxy) is 1. The number of unbranched alkanes of at least 4 members (excludes halogenated alkanes) is 1. The summed E-state index contributed by atoms with van der Waals surface area (Å²) in [6, 6.07) is 0. The molecule has 5 heteroatoms. The quantitative estimate of drug-likeness (QED) is 0.426. The summed E-state index contributed by atoms with van der Waals surface area (Å²) in [5.41, 5.74) is 0. The molecule has 1 fully saturated rings. The molecule has 1 rings (SSSR count). The van der Waals surface area contributed by atoms with Crippen LogP contribution in [0.25, 0.3) is 0 Å². The zero-order valence-electron chi connectivity index (χ0n) is 8.81. The summed E-state index contributed by atoms with van der Waals surface area (Å²) in [7, 11) is 3.94. The normalized spacial score (nSPS) is 20.5. The maximum absolute atomic E-state index is 11.1. The predicted octanol–water partition coefficient (Wildman–Crippen LogP) is 2.24. The van der Waals surface area contributed by atoms with Crippen molar-refractivity contribution in [2.45, 2.75) is 37.4 Å². The van der Waals surface area contributed by atoms with Crippen LogP contribution in [0.2, 0.25) is 0 Å². The molecule has 0 aliphatic carbocycles. The Morgan fingerprint density at radius 1 is 1.47 bits per heavy atom. The maximum Gasteiger partial charge on any atom is 0.305 e.